The monoisotopic (exact) mass is 724 g/mol. The van der Waals surface area contributed by atoms with Gasteiger partial charge in [0, 0.05) is 38.8 Å². The van der Waals surface area contributed by atoms with Crippen LogP contribution >= 0.6 is 0 Å². The van der Waals surface area contributed by atoms with Gasteiger partial charge in [0.2, 0.25) is 0 Å². The van der Waals surface area contributed by atoms with Gasteiger partial charge in [-0.25, -0.2) is 0 Å². The number of nitrogens with zero attached hydrogens (tertiary/aromatic N) is 2. The van der Waals surface area contributed by atoms with Gasteiger partial charge in [-0.2, -0.15) is 0 Å². The van der Waals surface area contributed by atoms with Crippen molar-refractivity contribution in [3.8, 4) is 44.8 Å². The van der Waals surface area contributed by atoms with Crippen molar-refractivity contribution >= 4 is 43.6 Å². The lowest BCUT2D eigenvalue weighted by Crippen LogP contribution is -1.99. The molecular weight excluding hydrogens is 689 g/mol. The van der Waals surface area contributed by atoms with E-state index in [1.807, 2.05) is 0 Å². The minimum Gasteiger partial charge on any atom is -0.309 e. The number of para-hydroxylation sites is 3. The summed E-state index contributed by atoms with van der Waals surface area (Å²) in [7, 11) is 0. The fourth-order valence-corrected chi connectivity index (χ4v) is 9.65. The zero-order valence-electron chi connectivity index (χ0n) is 31.2. The molecule has 1 aliphatic rings. The van der Waals surface area contributed by atoms with Gasteiger partial charge in [-0.1, -0.05) is 158 Å². The second kappa shape index (κ2) is 12.6. The minimum absolute atomic E-state index is 0.185. The van der Waals surface area contributed by atoms with Crippen molar-refractivity contribution in [1.82, 2.24) is 9.13 Å². The Balaban J connectivity index is 0.929. The summed E-state index contributed by atoms with van der Waals surface area (Å²) in [5.41, 5.74) is 18.8. The van der Waals surface area contributed by atoms with Gasteiger partial charge in [-0.3, -0.25) is 0 Å². The maximum atomic E-state index is 2.41. The van der Waals surface area contributed by atoms with Gasteiger partial charge in [0.25, 0.3) is 0 Å². The Hall–Kier alpha value is -7.42. The van der Waals surface area contributed by atoms with Crippen LogP contribution in [0.2, 0.25) is 0 Å². The standard InChI is InChI=1S/C55H36N2/c1-2-13-36(14-3-1)39-27-31-48-49(34-39)43-17-4-5-21-47(43)55(48)40-16-12-15-38(33-40)37-25-28-41(29-26-37)56-53-24-11-8-20-46(53)50-35-42(30-32-54(50)56)57-51-22-9-6-18-44(51)45-19-7-10-23-52(45)57/h1-35,55H. The predicted molar refractivity (Wildman–Crippen MR) is 239 cm³/mol. The summed E-state index contributed by atoms with van der Waals surface area (Å²) in [4.78, 5) is 0. The molecule has 2 heterocycles. The van der Waals surface area contributed by atoms with Crippen LogP contribution in [0.4, 0.5) is 0 Å². The zero-order chi connectivity index (χ0) is 37.5. The number of benzene rings is 9. The van der Waals surface area contributed by atoms with Crippen LogP contribution in [0.3, 0.4) is 0 Å². The molecule has 0 fully saturated rings. The van der Waals surface area contributed by atoms with Crippen molar-refractivity contribution in [2.24, 2.45) is 0 Å². The highest BCUT2D eigenvalue weighted by atomic mass is 15.0. The third-order valence-electron chi connectivity index (χ3n) is 12.2. The summed E-state index contributed by atoms with van der Waals surface area (Å²) < 4.78 is 4.82. The minimum atomic E-state index is 0.185. The van der Waals surface area contributed by atoms with Crippen molar-refractivity contribution in [2.45, 2.75) is 5.92 Å². The van der Waals surface area contributed by atoms with Gasteiger partial charge >= 0.3 is 0 Å². The maximum absolute atomic E-state index is 2.41. The van der Waals surface area contributed by atoms with Crippen molar-refractivity contribution in [3.63, 3.8) is 0 Å². The third kappa shape index (κ3) is 4.91. The largest absolute Gasteiger partial charge is 0.309 e. The maximum Gasteiger partial charge on any atom is 0.0542 e. The van der Waals surface area contributed by atoms with E-state index in [-0.39, 0.29) is 5.92 Å². The Morgan fingerprint density at radius 2 is 0.789 bits per heavy atom. The van der Waals surface area contributed by atoms with Crippen LogP contribution in [-0.4, -0.2) is 9.13 Å². The van der Waals surface area contributed by atoms with E-state index in [0.29, 0.717) is 0 Å². The zero-order valence-corrected chi connectivity index (χ0v) is 31.2. The molecule has 2 nitrogen and oxygen atoms in total. The fraction of sp³-hybridized carbons (Fsp3) is 0.0182. The first-order valence-electron chi connectivity index (χ1n) is 19.8. The number of aromatic nitrogens is 2. The van der Waals surface area contributed by atoms with E-state index < -0.39 is 0 Å². The first-order chi connectivity index (χ1) is 28.3. The van der Waals surface area contributed by atoms with Crippen LogP contribution in [0.5, 0.6) is 0 Å². The Labute approximate surface area is 331 Å². The number of hydrogen-bond acceptors (Lipinski definition) is 0. The van der Waals surface area contributed by atoms with E-state index in [0.717, 1.165) is 5.69 Å². The Morgan fingerprint density at radius 1 is 0.281 bits per heavy atom. The molecule has 266 valence electrons. The molecular formula is C55H36N2. The molecule has 2 heteroatoms. The Morgan fingerprint density at radius 3 is 1.53 bits per heavy atom. The number of rotatable bonds is 5. The second-order valence-electron chi connectivity index (χ2n) is 15.3. The summed E-state index contributed by atoms with van der Waals surface area (Å²) in [5, 5.41) is 5.04. The molecule has 0 spiro atoms. The Kier molecular flexibility index (Phi) is 7.02. The van der Waals surface area contributed by atoms with Crippen molar-refractivity contribution in [2.75, 3.05) is 0 Å². The van der Waals surface area contributed by atoms with Crippen molar-refractivity contribution in [3.05, 3.63) is 229 Å². The van der Waals surface area contributed by atoms with Gasteiger partial charge in [0.05, 0.1) is 22.1 Å². The van der Waals surface area contributed by atoms with Gasteiger partial charge in [0.1, 0.15) is 0 Å². The van der Waals surface area contributed by atoms with E-state index in [4.69, 9.17) is 0 Å². The molecule has 11 aromatic rings. The van der Waals surface area contributed by atoms with Crippen LogP contribution in [0.1, 0.15) is 22.6 Å². The van der Waals surface area contributed by atoms with Gasteiger partial charge < -0.3 is 9.13 Å². The Bertz CT molecular complexity index is 3290. The quantitative estimate of drug-likeness (QED) is 0.167. The summed E-state index contributed by atoms with van der Waals surface area (Å²) in [6.07, 6.45) is 0. The van der Waals surface area contributed by atoms with Crippen LogP contribution in [0, 0.1) is 0 Å². The van der Waals surface area contributed by atoms with Crippen LogP contribution in [-0.2, 0) is 0 Å². The molecule has 1 atom stereocenters. The topological polar surface area (TPSA) is 9.86 Å². The van der Waals surface area contributed by atoms with E-state index in [1.54, 1.807) is 0 Å². The first-order valence-corrected chi connectivity index (χ1v) is 19.8. The molecule has 2 aromatic heterocycles. The number of fused-ring (bicyclic) bond motifs is 9. The predicted octanol–water partition coefficient (Wildman–Crippen LogP) is 14.4. The summed E-state index contributed by atoms with van der Waals surface area (Å²) in [5.74, 6) is 0.185. The molecule has 1 aliphatic carbocycles. The molecule has 9 aromatic carbocycles. The van der Waals surface area contributed by atoms with E-state index >= 15 is 0 Å². The average Bonchev–Trinajstić information content (AvgIpc) is 3.92. The highest BCUT2D eigenvalue weighted by molar-refractivity contribution is 6.12. The molecule has 0 N–H and O–H groups in total. The smallest absolute Gasteiger partial charge is 0.0542 e. The molecule has 0 aliphatic heterocycles. The molecule has 0 bridgehead atoms. The summed E-state index contributed by atoms with van der Waals surface area (Å²) in [6.45, 7) is 0. The van der Waals surface area contributed by atoms with E-state index in [2.05, 4.69) is 221 Å². The van der Waals surface area contributed by atoms with E-state index in [9.17, 15) is 0 Å². The third-order valence-corrected chi connectivity index (χ3v) is 12.2. The first kappa shape index (κ1) is 31.9. The average molecular weight is 725 g/mol. The van der Waals surface area contributed by atoms with Crippen LogP contribution in [0.25, 0.3) is 88.4 Å². The molecule has 0 saturated carbocycles. The van der Waals surface area contributed by atoms with Crippen LogP contribution in [0.15, 0.2) is 212 Å². The highest BCUT2D eigenvalue weighted by Crippen LogP contribution is 2.49. The molecule has 1 unspecified atom stereocenters. The molecule has 0 saturated heterocycles. The summed E-state index contributed by atoms with van der Waals surface area (Å²) in [6, 6.07) is 78.1. The lowest BCUT2D eigenvalue weighted by atomic mass is 9.87. The molecule has 57 heavy (non-hydrogen) atoms. The van der Waals surface area contributed by atoms with Gasteiger partial charge in [0.15, 0.2) is 0 Å². The molecule has 12 rings (SSSR count). The summed E-state index contributed by atoms with van der Waals surface area (Å²) >= 11 is 0. The normalized spacial score (nSPS) is 13.4. The lowest BCUT2D eigenvalue weighted by Gasteiger charge is -2.16. The van der Waals surface area contributed by atoms with Gasteiger partial charge in [-0.15, -0.1) is 0 Å². The lowest BCUT2D eigenvalue weighted by molar-refractivity contribution is 1.02. The SMILES string of the molecule is c1ccc(-c2ccc3c(c2)-c2ccccc2C3c2cccc(-c3ccc(-n4c5ccccc5c5cc(-n6c7ccccc7c7ccccc76)ccc54)cc3)c2)cc1. The van der Waals surface area contributed by atoms with E-state index in [1.165, 1.54) is 99.4 Å². The second-order valence-corrected chi connectivity index (χ2v) is 15.3. The van der Waals surface area contributed by atoms with Crippen molar-refractivity contribution in [1.29, 1.82) is 0 Å². The van der Waals surface area contributed by atoms with Crippen LogP contribution < -0.4 is 0 Å². The van der Waals surface area contributed by atoms with Crippen molar-refractivity contribution < 1.29 is 0 Å². The highest BCUT2D eigenvalue weighted by Gasteiger charge is 2.30. The number of hydrogen-bond donors (Lipinski definition) is 0. The fourth-order valence-electron chi connectivity index (χ4n) is 9.65. The molecule has 0 radical (unpaired) electrons. The molecule has 0 amide bonds. The van der Waals surface area contributed by atoms with Gasteiger partial charge in [-0.05, 0) is 105 Å².